The Morgan fingerprint density at radius 1 is 1.17 bits per heavy atom. The lowest BCUT2D eigenvalue weighted by atomic mass is 9.82. The van der Waals surface area contributed by atoms with E-state index in [9.17, 15) is 0 Å². The average molecular weight is 316 g/mol. The molecule has 0 spiro atoms. The van der Waals surface area contributed by atoms with Gasteiger partial charge in [0.1, 0.15) is 0 Å². The first-order valence-corrected chi connectivity index (χ1v) is 8.95. The summed E-state index contributed by atoms with van der Waals surface area (Å²) in [6, 6.07) is 9.06. The second-order valence-electron chi connectivity index (χ2n) is 7.80. The zero-order valence-corrected chi connectivity index (χ0v) is 15.7. The maximum atomic E-state index is 5.81. The van der Waals surface area contributed by atoms with Crippen molar-refractivity contribution in [3.8, 4) is 0 Å². The van der Waals surface area contributed by atoms with Crippen molar-refractivity contribution in [1.29, 1.82) is 0 Å². The van der Waals surface area contributed by atoms with Crippen LogP contribution < -0.4 is 0 Å². The molecule has 2 heteroatoms. The third-order valence-corrected chi connectivity index (χ3v) is 4.96. The Labute approximate surface area is 142 Å². The van der Waals surface area contributed by atoms with Gasteiger partial charge in [0.15, 0.2) is 0 Å². The maximum Gasteiger partial charge on any atom is 0.0678 e. The van der Waals surface area contributed by atoms with E-state index in [0.29, 0.717) is 12.2 Å². The van der Waals surface area contributed by atoms with E-state index >= 15 is 0 Å². The van der Waals surface area contributed by atoms with E-state index in [0.717, 1.165) is 26.1 Å². The van der Waals surface area contributed by atoms with Crippen LogP contribution in [-0.2, 0) is 10.2 Å². The molecular formula is C21H33NO. The molecule has 1 aromatic carbocycles. The van der Waals surface area contributed by atoms with E-state index in [-0.39, 0.29) is 5.41 Å². The van der Waals surface area contributed by atoms with Crippen molar-refractivity contribution in [2.75, 3.05) is 19.6 Å². The van der Waals surface area contributed by atoms with Crippen LogP contribution in [0, 0.1) is 0 Å². The molecule has 0 unspecified atom stereocenters. The summed E-state index contributed by atoms with van der Waals surface area (Å²) in [4.78, 5) is 2.50. The zero-order valence-electron chi connectivity index (χ0n) is 15.7. The number of benzene rings is 1. The van der Waals surface area contributed by atoms with Crippen molar-refractivity contribution in [2.24, 2.45) is 0 Å². The van der Waals surface area contributed by atoms with Gasteiger partial charge in [0.05, 0.1) is 12.2 Å². The van der Waals surface area contributed by atoms with Gasteiger partial charge >= 0.3 is 0 Å². The fourth-order valence-corrected chi connectivity index (χ4v) is 3.33. The zero-order chi connectivity index (χ0) is 17.0. The number of morpholine rings is 1. The lowest BCUT2D eigenvalue weighted by molar-refractivity contribution is -0.0652. The maximum absolute atomic E-state index is 5.81. The molecule has 1 aromatic rings. The van der Waals surface area contributed by atoms with Crippen molar-refractivity contribution >= 4 is 6.08 Å². The first kappa shape index (κ1) is 18.2. The van der Waals surface area contributed by atoms with E-state index in [1.807, 2.05) is 0 Å². The number of hydrogen-bond acceptors (Lipinski definition) is 2. The van der Waals surface area contributed by atoms with Crippen LogP contribution in [0.1, 0.15) is 59.1 Å². The highest BCUT2D eigenvalue weighted by molar-refractivity contribution is 5.53. The topological polar surface area (TPSA) is 12.5 Å². The van der Waals surface area contributed by atoms with Crippen LogP contribution in [0.2, 0.25) is 0 Å². The van der Waals surface area contributed by atoms with Crippen molar-refractivity contribution in [2.45, 2.75) is 65.6 Å². The van der Waals surface area contributed by atoms with Gasteiger partial charge in [-0.2, -0.15) is 0 Å². The first-order chi connectivity index (χ1) is 10.8. The third kappa shape index (κ3) is 5.19. The standard InChI is InChI=1S/C21H33NO/c1-7-21(5,6)20-10-8-19(9-11-20)12-16(2)13-22-14-17(3)23-18(4)15-22/h8-12,17-18H,7,13-15H2,1-6H3/t17-,18+. The molecule has 0 bridgehead atoms. The summed E-state index contributed by atoms with van der Waals surface area (Å²) in [7, 11) is 0. The van der Waals surface area contributed by atoms with Gasteiger partial charge in [-0.05, 0) is 43.7 Å². The van der Waals surface area contributed by atoms with Crippen LogP contribution in [0.15, 0.2) is 29.8 Å². The Kier molecular flexibility index (Phi) is 6.05. The lowest BCUT2D eigenvalue weighted by Crippen LogP contribution is -2.45. The summed E-state index contributed by atoms with van der Waals surface area (Å²) >= 11 is 0. The van der Waals surface area contributed by atoms with Crippen molar-refractivity contribution < 1.29 is 4.74 Å². The minimum atomic E-state index is 0.261. The van der Waals surface area contributed by atoms with E-state index < -0.39 is 0 Å². The third-order valence-electron chi connectivity index (χ3n) is 4.96. The first-order valence-electron chi connectivity index (χ1n) is 8.95. The van der Waals surface area contributed by atoms with Gasteiger partial charge in [-0.1, -0.05) is 56.7 Å². The van der Waals surface area contributed by atoms with Gasteiger partial charge in [-0.3, -0.25) is 4.90 Å². The van der Waals surface area contributed by atoms with Gasteiger partial charge in [0.2, 0.25) is 0 Å². The minimum Gasteiger partial charge on any atom is -0.373 e. The van der Waals surface area contributed by atoms with Gasteiger partial charge in [0.25, 0.3) is 0 Å². The molecule has 1 fully saturated rings. The number of hydrogen-bond donors (Lipinski definition) is 0. The lowest BCUT2D eigenvalue weighted by Gasteiger charge is -2.35. The van der Waals surface area contributed by atoms with Gasteiger partial charge in [-0.25, -0.2) is 0 Å². The Hall–Kier alpha value is -1.12. The summed E-state index contributed by atoms with van der Waals surface area (Å²) in [5.74, 6) is 0. The van der Waals surface area contributed by atoms with E-state index in [1.165, 1.54) is 16.7 Å². The number of nitrogens with zero attached hydrogens (tertiary/aromatic N) is 1. The Morgan fingerprint density at radius 3 is 2.26 bits per heavy atom. The molecule has 0 aromatic heterocycles. The molecule has 1 aliphatic heterocycles. The molecule has 23 heavy (non-hydrogen) atoms. The van der Waals surface area contributed by atoms with Gasteiger partial charge < -0.3 is 4.74 Å². The summed E-state index contributed by atoms with van der Waals surface area (Å²) in [5, 5.41) is 0. The smallest absolute Gasteiger partial charge is 0.0678 e. The fraction of sp³-hybridized carbons (Fsp3) is 0.619. The van der Waals surface area contributed by atoms with Crippen molar-refractivity contribution in [1.82, 2.24) is 4.90 Å². The highest BCUT2D eigenvalue weighted by Crippen LogP contribution is 2.27. The highest BCUT2D eigenvalue weighted by atomic mass is 16.5. The largest absolute Gasteiger partial charge is 0.373 e. The summed E-state index contributed by atoms with van der Waals surface area (Å²) < 4.78 is 5.81. The molecule has 128 valence electrons. The van der Waals surface area contributed by atoms with Crippen molar-refractivity contribution in [3.63, 3.8) is 0 Å². The van der Waals surface area contributed by atoms with E-state index in [2.05, 4.69) is 76.8 Å². The van der Waals surface area contributed by atoms with E-state index in [4.69, 9.17) is 4.74 Å². The van der Waals surface area contributed by atoms with Crippen molar-refractivity contribution in [3.05, 3.63) is 41.0 Å². The second kappa shape index (κ2) is 7.63. The SMILES string of the molecule is CCC(C)(C)c1ccc(C=C(C)CN2C[C@@H](C)O[C@@H](C)C2)cc1. The molecule has 0 saturated carbocycles. The van der Waals surface area contributed by atoms with Crippen LogP contribution in [-0.4, -0.2) is 36.7 Å². The predicted octanol–water partition coefficient (Wildman–Crippen LogP) is 4.89. The normalized spacial score (nSPS) is 24.0. The summed E-state index contributed by atoms with van der Waals surface area (Å²) in [6.07, 6.45) is 4.14. The Balaban J connectivity index is 2.00. The minimum absolute atomic E-state index is 0.261. The average Bonchev–Trinajstić information content (AvgIpc) is 2.46. The van der Waals surface area contributed by atoms with Gasteiger partial charge in [0, 0.05) is 19.6 Å². The monoisotopic (exact) mass is 315 g/mol. The van der Waals surface area contributed by atoms with Crippen LogP contribution >= 0.6 is 0 Å². The summed E-state index contributed by atoms with van der Waals surface area (Å²) in [6.45, 7) is 16.5. The van der Waals surface area contributed by atoms with Crippen LogP contribution in [0.25, 0.3) is 6.08 Å². The van der Waals surface area contributed by atoms with E-state index in [1.54, 1.807) is 0 Å². The molecular weight excluding hydrogens is 282 g/mol. The van der Waals surface area contributed by atoms with Crippen LogP contribution in [0.5, 0.6) is 0 Å². The quantitative estimate of drug-likeness (QED) is 0.767. The Bertz CT molecular complexity index is 519. The Morgan fingerprint density at radius 2 is 1.74 bits per heavy atom. The molecule has 2 nitrogen and oxygen atoms in total. The van der Waals surface area contributed by atoms with Gasteiger partial charge in [-0.15, -0.1) is 0 Å². The molecule has 0 amide bonds. The highest BCUT2D eigenvalue weighted by Gasteiger charge is 2.22. The van der Waals surface area contributed by atoms with Crippen LogP contribution in [0.4, 0.5) is 0 Å². The molecule has 1 saturated heterocycles. The molecule has 0 aliphatic carbocycles. The predicted molar refractivity (Wildman–Crippen MR) is 99.9 cm³/mol. The molecule has 0 radical (unpaired) electrons. The molecule has 2 atom stereocenters. The second-order valence-corrected chi connectivity index (χ2v) is 7.80. The summed E-state index contributed by atoms with van der Waals surface area (Å²) in [5.41, 5.74) is 4.39. The molecule has 1 aliphatic rings. The molecule has 0 N–H and O–H groups in total. The molecule has 2 rings (SSSR count). The van der Waals surface area contributed by atoms with Crippen LogP contribution in [0.3, 0.4) is 0 Å². The number of rotatable bonds is 5. The molecule has 1 heterocycles. The number of ether oxygens (including phenoxy) is 1. The fourth-order valence-electron chi connectivity index (χ4n) is 3.33.